The van der Waals surface area contributed by atoms with Crippen molar-refractivity contribution in [1.29, 1.82) is 0 Å². The first-order valence-corrected chi connectivity index (χ1v) is 9.45. The molecule has 28 heavy (non-hydrogen) atoms. The van der Waals surface area contributed by atoms with Crippen molar-refractivity contribution in [2.24, 2.45) is 16.4 Å². The minimum atomic E-state index is -0.472. The standard InChI is InChI=1S/C20H25N5O3/c1-4-20(2,3)14-8-9-17-16(11-14)18(23-22-17)19(26)24-21-12-13-6-5-7-15(10-13)25(27)28/h5-7,10,12,14H,4,8-9,11H2,1-3H3,(H,22,23)(H,24,26)/b21-12-/t14-/m1/s1. The number of nitrogens with one attached hydrogen (secondary N) is 2. The van der Waals surface area contributed by atoms with Crippen molar-refractivity contribution in [3.63, 3.8) is 0 Å². The number of carbonyl (C=O) groups excluding carboxylic acids is 1. The molecule has 1 atom stereocenters. The molecule has 1 amide bonds. The van der Waals surface area contributed by atoms with Gasteiger partial charge in [0.1, 0.15) is 0 Å². The zero-order valence-corrected chi connectivity index (χ0v) is 16.4. The fourth-order valence-electron chi connectivity index (χ4n) is 3.58. The van der Waals surface area contributed by atoms with Gasteiger partial charge in [0.05, 0.1) is 11.1 Å². The van der Waals surface area contributed by atoms with Crippen LogP contribution < -0.4 is 5.43 Å². The third-order valence-electron chi connectivity index (χ3n) is 5.84. The van der Waals surface area contributed by atoms with Crippen LogP contribution in [-0.2, 0) is 12.8 Å². The maximum atomic E-state index is 12.6. The monoisotopic (exact) mass is 383 g/mol. The quantitative estimate of drug-likeness (QED) is 0.450. The summed E-state index contributed by atoms with van der Waals surface area (Å²) in [6, 6.07) is 6.04. The molecular formula is C20H25N5O3. The van der Waals surface area contributed by atoms with E-state index in [1.165, 1.54) is 18.3 Å². The van der Waals surface area contributed by atoms with Crippen LogP contribution in [0.4, 0.5) is 5.69 Å². The van der Waals surface area contributed by atoms with Gasteiger partial charge in [0.2, 0.25) is 0 Å². The Balaban J connectivity index is 1.70. The van der Waals surface area contributed by atoms with Crippen molar-refractivity contribution in [1.82, 2.24) is 15.6 Å². The van der Waals surface area contributed by atoms with Crippen LogP contribution in [0.2, 0.25) is 0 Å². The molecule has 0 radical (unpaired) electrons. The molecule has 2 aromatic rings. The number of hydrazone groups is 1. The average Bonchev–Trinajstić information content (AvgIpc) is 3.11. The summed E-state index contributed by atoms with van der Waals surface area (Å²) in [5.41, 5.74) is 5.57. The Labute approximate surface area is 163 Å². The van der Waals surface area contributed by atoms with Crippen molar-refractivity contribution in [2.75, 3.05) is 0 Å². The number of nitrogens with zero attached hydrogens (tertiary/aromatic N) is 3. The van der Waals surface area contributed by atoms with Crippen LogP contribution >= 0.6 is 0 Å². The number of rotatable bonds is 6. The molecule has 1 aliphatic rings. The van der Waals surface area contributed by atoms with Crippen molar-refractivity contribution >= 4 is 17.8 Å². The van der Waals surface area contributed by atoms with E-state index in [-0.39, 0.29) is 17.0 Å². The SMILES string of the molecule is CCC(C)(C)[C@@H]1CCc2[nH]nc(C(=O)N/N=C\c3cccc([N+](=O)[O-])c3)c2C1. The van der Waals surface area contributed by atoms with Crippen molar-refractivity contribution in [2.45, 2.75) is 46.5 Å². The molecule has 1 aliphatic carbocycles. The Hall–Kier alpha value is -3.03. The number of non-ortho nitro benzene ring substituents is 1. The highest BCUT2D eigenvalue weighted by Gasteiger charge is 2.34. The number of amides is 1. The molecule has 0 saturated carbocycles. The highest BCUT2D eigenvalue weighted by molar-refractivity contribution is 5.94. The van der Waals surface area contributed by atoms with Gasteiger partial charge in [-0.3, -0.25) is 20.0 Å². The Morgan fingerprint density at radius 2 is 2.29 bits per heavy atom. The molecule has 0 saturated heterocycles. The molecule has 3 rings (SSSR count). The fourth-order valence-corrected chi connectivity index (χ4v) is 3.58. The summed E-state index contributed by atoms with van der Waals surface area (Å²) in [6.07, 6.45) is 5.26. The van der Waals surface area contributed by atoms with E-state index >= 15 is 0 Å². The lowest BCUT2D eigenvalue weighted by Crippen LogP contribution is -2.30. The molecule has 1 aromatic heterocycles. The Kier molecular flexibility index (Phi) is 5.58. The molecule has 0 fully saturated rings. The van der Waals surface area contributed by atoms with E-state index in [9.17, 15) is 14.9 Å². The van der Waals surface area contributed by atoms with Crippen LogP contribution in [0.5, 0.6) is 0 Å². The number of aromatic amines is 1. The van der Waals surface area contributed by atoms with Crippen molar-refractivity contribution in [3.05, 3.63) is 56.9 Å². The number of nitro benzene ring substituents is 1. The minimum Gasteiger partial charge on any atom is -0.281 e. The summed E-state index contributed by atoms with van der Waals surface area (Å²) in [6.45, 7) is 6.73. The first kappa shape index (κ1) is 19.7. The molecule has 0 aliphatic heterocycles. The number of aromatic nitrogens is 2. The van der Waals surface area contributed by atoms with Gasteiger partial charge in [-0.15, -0.1) is 0 Å². The van der Waals surface area contributed by atoms with Crippen molar-refractivity contribution in [3.8, 4) is 0 Å². The van der Waals surface area contributed by atoms with Gasteiger partial charge in [-0.1, -0.05) is 39.3 Å². The van der Waals surface area contributed by atoms with E-state index in [4.69, 9.17) is 0 Å². The predicted molar refractivity (Wildman–Crippen MR) is 106 cm³/mol. The molecule has 148 valence electrons. The highest BCUT2D eigenvalue weighted by atomic mass is 16.6. The van der Waals surface area contributed by atoms with Gasteiger partial charge in [0, 0.05) is 29.0 Å². The summed E-state index contributed by atoms with van der Waals surface area (Å²) in [5, 5.41) is 21.9. The maximum absolute atomic E-state index is 12.6. The summed E-state index contributed by atoms with van der Waals surface area (Å²) in [4.78, 5) is 22.9. The first-order valence-electron chi connectivity index (χ1n) is 9.45. The topological polar surface area (TPSA) is 113 Å². The summed E-state index contributed by atoms with van der Waals surface area (Å²) < 4.78 is 0. The van der Waals surface area contributed by atoms with Crippen LogP contribution in [0.3, 0.4) is 0 Å². The lowest BCUT2D eigenvalue weighted by Gasteiger charge is -2.36. The van der Waals surface area contributed by atoms with Crippen LogP contribution in [-0.4, -0.2) is 27.2 Å². The number of aryl methyl sites for hydroxylation is 1. The van der Waals surface area contributed by atoms with Crippen molar-refractivity contribution < 1.29 is 9.72 Å². The molecule has 0 unspecified atom stereocenters. The number of hydrogen-bond acceptors (Lipinski definition) is 5. The van der Waals surface area contributed by atoms with Gasteiger partial charge in [0.25, 0.3) is 11.6 Å². The molecule has 8 nitrogen and oxygen atoms in total. The number of benzene rings is 1. The summed E-state index contributed by atoms with van der Waals surface area (Å²) in [5.74, 6) is 0.122. The minimum absolute atomic E-state index is 0.0266. The van der Waals surface area contributed by atoms with Gasteiger partial charge in [-0.2, -0.15) is 10.2 Å². The number of H-pyrrole nitrogens is 1. The van der Waals surface area contributed by atoms with E-state index in [2.05, 4.69) is 41.5 Å². The van der Waals surface area contributed by atoms with Gasteiger partial charge >= 0.3 is 0 Å². The number of nitro groups is 1. The zero-order valence-electron chi connectivity index (χ0n) is 16.4. The lowest BCUT2D eigenvalue weighted by molar-refractivity contribution is -0.384. The molecule has 0 spiro atoms. The molecular weight excluding hydrogens is 358 g/mol. The second kappa shape index (κ2) is 7.92. The molecule has 8 heteroatoms. The Morgan fingerprint density at radius 3 is 3.00 bits per heavy atom. The summed E-state index contributed by atoms with van der Waals surface area (Å²) in [7, 11) is 0. The lowest BCUT2D eigenvalue weighted by atomic mass is 9.69. The Bertz CT molecular complexity index is 916. The van der Waals surface area contributed by atoms with Crippen LogP contribution in [0.15, 0.2) is 29.4 Å². The number of hydrogen-bond donors (Lipinski definition) is 2. The normalized spacial score (nSPS) is 16.8. The van der Waals surface area contributed by atoms with Crippen LogP contribution in [0.1, 0.15) is 60.9 Å². The molecule has 0 bridgehead atoms. The van der Waals surface area contributed by atoms with E-state index < -0.39 is 4.92 Å². The van der Waals surface area contributed by atoms with Gasteiger partial charge in [0.15, 0.2) is 5.69 Å². The molecule has 1 heterocycles. The third kappa shape index (κ3) is 4.11. The highest BCUT2D eigenvalue weighted by Crippen LogP contribution is 2.40. The second-order valence-corrected chi connectivity index (χ2v) is 7.86. The maximum Gasteiger partial charge on any atom is 0.292 e. The fraction of sp³-hybridized carbons (Fsp3) is 0.450. The van der Waals surface area contributed by atoms with E-state index in [0.717, 1.165) is 36.9 Å². The van der Waals surface area contributed by atoms with E-state index in [0.29, 0.717) is 17.2 Å². The average molecular weight is 383 g/mol. The smallest absolute Gasteiger partial charge is 0.281 e. The van der Waals surface area contributed by atoms with Crippen LogP contribution in [0, 0.1) is 21.4 Å². The second-order valence-electron chi connectivity index (χ2n) is 7.86. The Morgan fingerprint density at radius 1 is 1.50 bits per heavy atom. The molecule has 1 aromatic carbocycles. The first-order chi connectivity index (χ1) is 13.3. The van der Waals surface area contributed by atoms with Gasteiger partial charge < -0.3 is 0 Å². The van der Waals surface area contributed by atoms with Gasteiger partial charge in [-0.25, -0.2) is 5.43 Å². The predicted octanol–water partition coefficient (Wildman–Crippen LogP) is 3.62. The van der Waals surface area contributed by atoms with Gasteiger partial charge in [-0.05, 0) is 30.6 Å². The summed E-state index contributed by atoms with van der Waals surface area (Å²) >= 11 is 0. The number of fused-ring (bicyclic) bond motifs is 1. The van der Waals surface area contributed by atoms with E-state index in [1.807, 2.05) is 0 Å². The van der Waals surface area contributed by atoms with Crippen LogP contribution in [0.25, 0.3) is 0 Å². The third-order valence-corrected chi connectivity index (χ3v) is 5.84. The molecule has 2 N–H and O–H groups in total. The van der Waals surface area contributed by atoms with E-state index in [1.54, 1.807) is 12.1 Å². The largest absolute Gasteiger partial charge is 0.292 e. The number of carbonyl (C=O) groups is 1. The zero-order chi connectivity index (χ0) is 20.3.